The number of nitrogens with zero attached hydrogens (tertiary/aromatic N) is 1. The normalized spacial score (nSPS) is 29.4. The minimum Gasteiger partial charge on any atom is -0.392 e. The highest BCUT2D eigenvalue weighted by Crippen LogP contribution is 2.44. The minimum atomic E-state index is -0.342. The molecule has 3 rings (SSSR count). The molecule has 2 atom stereocenters. The Morgan fingerprint density at radius 3 is 2.40 bits per heavy atom. The molecule has 2 N–H and O–H groups in total. The largest absolute Gasteiger partial charge is 0.392 e. The van der Waals surface area contributed by atoms with Gasteiger partial charge in [0.05, 0.1) is 12.6 Å². The third kappa shape index (κ3) is 3.53. The monoisotopic (exact) mass is 280 g/mol. The summed E-state index contributed by atoms with van der Waals surface area (Å²) >= 11 is 0. The van der Waals surface area contributed by atoms with Crippen molar-refractivity contribution in [1.29, 1.82) is 0 Å². The molecule has 1 saturated heterocycles. The van der Waals surface area contributed by atoms with Gasteiger partial charge in [-0.1, -0.05) is 6.42 Å². The van der Waals surface area contributed by atoms with Crippen LogP contribution in [0.2, 0.25) is 0 Å². The Morgan fingerprint density at radius 2 is 1.85 bits per heavy atom. The summed E-state index contributed by atoms with van der Waals surface area (Å²) in [6.45, 7) is 3.25. The van der Waals surface area contributed by atoms with E-state index in [2.05, 4.69) is 10.2 Å². The smallest absolute Gasteiger partial charge is 0.234 e. The molecule has 20 heavy (non-hydrogen) atoms. The van der Waals surface area contributed by atoms with Crippen molar-refractivity contribution >= 4 is 5.91 Å². The number of carbonyl (C=O) groups is 1. The molecule has 4 heteroatoms. The first-order valence-corrected chi connectivity index (χ1v) is 8.36. The van der Waals surface area contributed by atoms with E-state index in [4.69, 9.17) is 0 Å². The van der Waals surface area contributed by atoms with Gasteiger partial charge in [0.1, 0.15) is 0 Å². The number of aliphatic hydroxyl groups is 1. The lowest BCUT2D eigenvalue weighted by Crippen LogP contribution is -2.51. The predicted molar refractivity (Wildman–Crippen MR) is 78.3 cm³/mol. The first-order chi connectivity index (χ1) is 9.65. The van der Waals surface area contributed by atoms with Crippen molar-refractivity contribution in [1.82, 2.24) is 10.2 Å². The third-order valence-electron chi connectivity index (χ3n) is 5.16. The molecule has 2 unspecified atom stereocenters. The van der Waals surface area contributed by atoms with Crippen LogP contribution >= 0.6 is 0 Å². The van der Waals surface area contributed by atoms with E-state index in [1.165, 1.54) is 32.1 Å². The molecule has 0 aromatic heterocycles. The fourth-order valence-corrected chi connectivity index (χ4v) is 3.71. The lowest BCUT2D eigenvalue weighted by atomic mass is 9.98. The fourth-order valence-electron chi connectivity index (χ4n) is 3.71. The maximum atomic E-state index is 12.3. The molecule has 4 nitrogen and oxygen atoms in total. The first kappa shape index (κ1) is 14.3. The summed E-state index contributed by atoms with van der Waals surface area (Å²) in [4.78, 5) is 14.5. The van der Waals surface area contributed by atoms with Crippen LogP contribution in [0.4, 0.5) is 0 Å². The van der Waals surface area contributed by atoms with Crippen molar-refractivity contribution in [2.75, 3.05) is 13.1 Å². The Bertz CT molecular complexity index is 338. The molecule has 0 spiro atoms. The number of aliphatic hydroxyl groups excluding tert-OH is 1. The van der Waals surface area contributed by atoms with Gasteiger partial charge in [0.15, 0.2) is 0 Å². The lowest BCUT2D eigenvalue weighted by molar-refractivity contribution is -0.124. The molecule has 2 aliphatic carbocycles. The molecular formula is C16H28N2O2. The van der Waals surface area contributed by atoms with Crippen LogP contribution in [0.15, 0.2) is 0 Å². The molecule has 0 radical (unpaired) electrons. The van der Waals surface area contributed by atoms with Crippen LogP contribution in [0.3, 0.4) is 0 Å². The highest BCUT2D eigenvalue weighted by molar-refractivity contribution is 5.78. The van der Waals surface area contributed by atoms with Crippen LogP contribution in [0.25, 0.3) is 0 Å². The minimum absolute atomic E-state index is 0.162. The van der Waals surface area contributed by atoms with E-state index in [1.807, 2.05) is 6.92 Å². The number of piperidine rings is 1. The SMILES string of the molecule is CC(O)C1CCCCN1CC(=O)NC(C1CC1)C1CC1. The van der Waals surface area contributed by atoms with Crippen molar-refractivity contribution in [3.63, 3.8) is 0 Å². The molecular weight excluding hydrogens is 252 g/mol. The quantitative estimate of drug-likeness (QED) is 0.776. The van der Waals surface area contributed by atoms with E-state index < -0.39 is 0 Å². The van der Waals surface area contributed by atoms with Gasteiger partial charge in [-0.25, -0.2) is 0 Å². The summed E-state index contributed by atoms with van der Waals surface area (Å²) in [5.74, 6) is 1.67. The van der Waals surface area contributed by atoms with Gasteiger partial charge in [-0.3, -0.25) is 9.69 Å². The summed E-state index contributed by atoms with van der Waals surface area (Å²) in [7, 11) is 0. The Hall–Kier alpha value is -0.610. The topological polar surface area (TPSA) is 52.6 Å². The van der Waals surface area contributed by atoms with Gasteiger partial charge in [0.2, 0.25) is 5.91 Å². The third-order valence-corrected chi connectivity index (χ3v) is 5.16. The van der Waals surface area contributed by atoms with Crippen LogP contribution in [0, 0.1) is 11.8 Å². The molecule has 1 amide bonds. The van der Waals surface area contributed by atoms with Crippen molar-refractivity contribution in [3.8, 4) is 0 Å². The number of carbonyl (C=O) groups excluding carboxylic acids is 1. The maximum absolute atomic E-state index is 12.3. The average molecular weight is 280 g/mol. The molecule has 1 heterocycles. The zero-order chi connectivity index (χ0) is 14.1. The van der Waals surface area contributed by atoms with Crippen molar-refractivity contribution in [2.24, 2.45) is 11.8 Å². The van der Waals surface area contributed by atoms with E-state index in [-0.39, 0.29) is 18.1 Å². The zero-order valence-electron chi connectivity index (χ0n) is 12.6. The van der Waals surface area contributed by atoms with E-state index in [1.54, 1.807) is 0 Å². The van der Waals surface area contributed by atoms with Crippen LogP contribution < -0.4 is 5.32 Å². The van der Waals surface area contributed by atoms with E-state index in [0.717, 1.165) is 31.2 Å². The molecule has 3 fully saturated rings. The van der Waals surface area contributed by atoms with E-state index >= 15 is 0 Å². The second kappa shape index (κ2) is 6.02. The lowest BCUT2D eigenvalue weighted by Gasteiger charge is -2.37. The molecule has 1 aliphatic heterocycles. The molecule has 0 aromatic rings. The number of hydrogen-bond donors (Lipinski definition) is 2. The summed E-state index contributed by atoms with van der Waals surface area (Å²) in [5.41, 5.74) is 0. The van der Waals surface area contributed by atoms with Gasteiger partial charge in [-0.15, -0.1) is 0 Å². The average Bonchev–Trinajstić information content (AvgIpc) is 3.28. The second-order valence-corrected chi connectivity index (χ2v) is 7.04. The van der Waals surface area contributed by atoms with Gasteiger partial charge in [0.25, 0.3) is 0 Å². The van der Waals surface area contributed by atoms with Crippen LogP contribution in [0.5, 0.6) is 0 Å². The highest BCUT2D eigenvalue weighted by atomic mass is 16.3. The second-order valence-electron chi connectivity index (χ2n) is 7.04. The number of rotatable bonds is 6. The van der Waals surface area contributed by atoms with Crippen molar-refractivity contribution in [2.45, 2.75) is 70.1 Å². The molecule has 0 aromatic carbocycles. The van der Waals surface area contributed by atoms with Crippen molar-refractivity contribution in [3.05, 3.63) is 0 Å². The van der Waals surface area contributed by atoms with Gasteiger partial charge >= 0.3 is 0 Å². The molecule has 2 saturated carbocycles. The Labute approximate surface area is 121 Å². The summed E-state index contributed by atoms with van der Waals surface area (Å²) in [5, 5.41) is 13.2. The Kier molecular flexibility index (Phi) is 4.32. The van der Waals surface area contributed by atoms with E-state index in [0.29, 0.717) is 12.6 Å². The summed E-state index contributed by atoms with van der Waals surface area (Å²) < 4.78 is 0. The Balaban J connectivity index is 1.51. The highest BCUT2D eigenvalue weighted by Gasteiger charge is 2.42. The van der Waals surface area contributed by atoms with Gasteiger partial charge in [-0.05, 0) is 63.8 Å². The predicted octanol–water partition coefficient (Wildman–Crippen LogP) is 1.53. The standard InChI is InChI=1S/C16H28N2O2/c1-11(19)14-4-2-3-9-18(14)10-15(20)17-16(12-5-6-12)13-7-8-13/h11-14,16,19H,2-10H2,1H3,(H,17,20). The van der Waals surface area contributed by atoms with Gasteiger partial charge < -0.3 is 10.4 Å². The fraction of sp³-hybridized carbons (Fsp3) is 0.938. The van der Waals surface area contributed by atoms with Crippen LogP contribution in [0.1, 0.15) is 51.9 Å². The van der Waals surface area contributed by atoms with Gasteiger partial charge in [0, 0.05) is 12.1 Å². The van der Waals surface area contributed by atoms with Crippen LogP contribution in [-0.2, 0) is 4.79 Å². The molecule has 0 bridgehead atoms. The van der Waals surface area contributed by atoms with E-state index in [9.17, 15) is 9.90 Å². The van der Waals surface area contributed by atoms with Gasteiger partial charge in [-0.2, -0.15) is 0 Å². The van der Waals surface area contributed by atoms with Crippen molar-refractivity contribution < 1.29 is 9.90 Å². The first-order valence-electron chi connectivity index (χ1n) is 8.36. The maximum Gasteiger partial charge on any atom is 0.234 e. The Morgan fingerprint density at radius 1 is 1.20 bits per heavy atom. The molecule has 3 aliphatic rings. The summed E-state index contributed by atoms with van der Waals surface area (Å²) in [6.07, 6.45) is 8.16. The summed E-state index contributed by atoms with van der Waals surface area (Å²) in [6, 6.07) is 0.604. The number of hydrogen-bond acceptors (Lipinski definition) is 3. The molecule has 114 valence electrons. The number of nitrogens with one attached hydrogen (secondary N) is 1. The number of amides is 1. The van der Waals surface area contributed by atoms with Crippen LogP contribution in [-0.4, -0.2) is 47.2 Å². The zero-order valence-corrected chi connectivity index (χ0v) is 12.6. The number of likely N-dealkylation sites (tertiary alicyclic amines) is 1.